The molecule has 0 amide bonds. The summed E-state index contributed by atoms with van der Waals surface area (Å²) in [5.41, 5.74) is 0.692. The van der Waals surface area contributed by atoms with E-state index in [0.717, 1.165) is 6.47 Å². The van der Waals surface area contributed by atoms with Gasteiger partial charge in [-0.1, -0.05) is 6.07 Å². The Hall–Kier alpha value is -1.15. The summed E-state index contributed by atoms with van der Waals surface area (Å²) >= 11 is 0. The van der Waals surface area contributed by atoms with Crippen LogP contribution < -0.4 is 0 Å². The van der Waals surface area contributed by atoms with Gasteiger partial charge in [-0.3, -0.25) is 0 Å². The van der Waals surface area contributed by atoms with E-state index in [1.165, 1.54) is 6.42 Å². The van der Waals surface area contributed by atoms with E-state index >= 15 is 0 Å². The van der Waals surface area contributed by atoms with Gasteiger partial charge < -0.3 is 14.3 Å². The fourth-order valence-electron chi connectivity index (χ4n) is 0.756. The molecule has 0 spiro atoms. The first-order valence-corrected chi connectivity index (χ1v) is 3.30. The molecule has 0 N–H and O–H groups in total. The van der Waals surface area contributed by atoms with Crippen molar-refractivity contribution in [1.29, 1.82) is 0 Å². The minimum atomic E-state index is -0.712. The van der Waals surface area contributed by atoms with Gasteiger partial charge in [-0.25, -0.2) is 0 Å². The van der Waals surface area contributed by atoms with Crippen LogP contribution in [0.3, 0.4) is 0 Å². The van der Waals surface area contributed by atoms with Gasteiger partial charge in [-0.15, -0.1) is 12.1 Å². The van der Waals surface area contributed by atoms with Crippen molar-refractivity contribution >= 4 is 12.4 Å². The molecular formula is C9H6O3Zn. The van der Waals surface area contributed by atoms with Crippen LogP contribution in [0.25, 0.3) is 0 Å². The zero-order valence-corrected chi connectivity index (χ0v) is 9.86. The Morgan fingerprint density at radius 2 is 1.92 bits per heavy atom. The van der Waals surface area contributed by atoms with E-state index in [0.29, 0.717) is 5.56 Å². The average Bonchev–Trinajstić information content (AvgIpc) is 2.06. The molecule has 0 radical (unpaired) electrons. The molecule has 0 atom stereocenters. The van der Waals surface area contributed by atoms with E-state index in [2.05, 4.69) is 4.74 Å². The third-order valence-electron chi connectivity index (χ3n) is 1.23. The Morgan fingerprint density at radius 3 is 2.46 bits per heavy atom. The van der Waals surface area contributed by atoms with Crippen LogP contribution in [0.5, 0.6) is 0 Å². The van der Waals surface area contributed by atoms with Crippen molar-refractivity contribution in [2.45, 2.75) is 0 Å². The van der Waals surface area contributed by atoms with E-state index < -0.39 is 5.97 Å². The topological polar surface area (TPSA) is 43.4 Å². The van der Waals surface area contributed by atoms with Gasteiger partial charge in [0.15, 0.2) is 6.47 Å². The number of hydrogen-bond acceptors (Lipinski definition) is 3. The fourth-order valence-corrected chi connectivity index (χ4v) is 0.756. The minimum absolute atomic E-state index is 0. The van der Waals surface area contributed by atoms with Crippen LogP contribution >= 0.6 is 0 Å². The summed E-state index contributed by atoms with van der Waals surface area (Å²) in [6.45, 7) is 1.06. The molecule has 13 heavy (non-hydrogen) atoms. The number of esters is 1. The molecule has 0 saturated heterocycles. The normalized spacial score (nSPS) is 8.00. The molecule has 1 aromatic rings. The maximum absolute atomic E-state index is 10.7. The Bertz CT molecular complexity index is 271. The molecule has 0 aromatic heterocycles. The Kier molecular flexibility index (Phi) is 5.82. The molecule has 4 heteroatoms. The van der Waals surface area contributed by atoms with Crippen LogP contribution in [-0.2, 0) is 33.8 Å². The summed E-state index contributed by atoms with van der Waals surface area (Å²) in [5.74, 6) is -0.712. The van der Waals surface area contributed by atoms with Crippen molar-refractivity contribution in [1.82, 2.24) is 0 Å². The standard InChI is InChI=1S/C9H6O3.Zn/c10-7-12-9(11)6-8-4-2-1-3-5-8;/h1-6H;/q-2;+2. The zero-order chi connectivity index (χ0) is 8.81. The SMILES string of the molecule is O=[C-]OC(=O)[CH-]c1ccccc1.[Zn+2]. The van der Waals surface area contributed by atoms with Gasteiger partial charge in [0.1, 0.15) is 5.97 Å². The minimum Gasteiger partial charge on any atom is -0.590 e. The van der Waals surface area contributed by atoms with E-state index in [1.807, 2.05) is 6.07 Å². The molecule has 0 aliphatic rings. The first kappa shape index (κ1) is 11.9. The smallest absolute Gasteiger partial charge is 0.590 e. The van der Waals surface area contributed by atoms with Gasteiger partial charge in [0.05, 0.1) is 0 Å². The van der Waals surface area contributed by atoms with E-state index in [4.69, 9.17) is 0 Å². The molecule has 0 aliphatic heterocycles. The number of benzene rings is 1. The quantitative estimate of drug-likeness (QED) is 0.333. The maximum atomic E-state index is 10.7. The number of ether oxygens (including phenoxy) is 1. The van der Waals surface area contributed by atoms with Gasteiger partial charge in [-0.2, -0.15) is 24.1 Å². The van der Waals surface area contributed by atoms with E-state index in [-0.39, 0.29) is 19.5 Å². The summed E-state index contributed by atoms with van der Waals surface area (Å²) in [4.78, 5) is 20.3. The number of hydrogen-bond donors (Lipinski definition) is 0. The monoisotopic (exact) mass is 226 g/mol. The fraction of sp³-hybridized carbons (Fsp3) is 0. The van der Waals surface area contributed by atoms with Crippen molar-refractivity contribution in [3.05, 3.63) is 42.3 Å². The van der Waals surface area contributed by atoms with Crippen LogP contribution in [0.4, 0.5) is 0 Å². The molecule has 1 aromatic carbocycles. The Balaban J connectivity index is 0.00000144. The molecule has 0 heterocycles. The van der Waals surface area contributed by atoms with Crippen molar-refractivity contribution in [2.75, 3.05) is 0 Å². The van der Waals surface area contributed by atoms with Crippen LogP contribution in [0.2, 0.25) is 0 Å². The predicted molar refractivity (Wildman–Crippen MR) is 41.6 cm³/mol. The molecule has 1 rings (SSSR count). The third-order valence-corrected chi connectivity index (χ3v) is 1.23. The van der Waals surface area contributed by atoms with Gasteiger partial charge in [0.25, 0.3) is 0 Å². The van der Waals surface area contributed by atoms with Crippen molar-refractivity contribution < 1.29 is 33.8 Å². The molecule has 0 saturated carbocycles. The van der Waals surface area contributed by atoms with Gasteiger partial charge in [0.2, 0.25) is 0 Å². The summed E-state index contributed by atoms with van der Waals surface area (Å²) in [5, 5.41) is 0. The zero-order valence-electron chi connectivity index (χ0n) is 6.90. The van der Waals surface area contributed by atoms with E-state index in [9.17, 15) is 9.59 Å². The van der Waals surface area contributed by atoms with Crippen molar-refractivity contribution in [3.8, 4) is 0 Å². The molecule has 0 bridgehead atoms. The molecule has 0 unspecified atom stereocenters. The van der Waals surface area contributed by atoms with Crippen LogP contribution in [0.1, 0.15) is 5.56 Å². The van der Waals surface area contributed by atoms with Crippen molar-refractivity contribution in [2.24, 2.45) is 0 Å². The Labute approximate surface area is 88.8 Å². The number of carbonyl (C=O) groups is 1. The summed E-state index contributed by atoms with van der Waals surface area (Å²) < 4.78 is 3.95. The number of carbonyl (C=O) groups excluding carboxylic acids is 2. The van der Waals surface area contributed by atoms with Gasteiger partial charge >= 0.3 is 19.5 Å². The largest absolute Gasteiger partial charge is 2.00 e. The third kappa shape index (κ3) is 4.43. The summed E-state index contributed by atoms with van der Waals surface area (Å²) in [6.07, 6.45) is 1.21. The second kappa shape index (κ2) is 6.38. The first-order chi connectivity index (χ1) is 5.83. The maximum Gasteiger partial charge on any atom is 2.00 e. The van der Waals surface area contributed by atoms with Gasteiger partial charge in [-0.05, 0) is 0 Å². The summed E-state index contributed by atoms with van der Waals surface area (Å²) in [7, 11) is 0. The van der Waals surface area contributed by atoms with E-state index in [1.54, 1.807) is 24.3 Å². The molecule has 0 aliphatic carbocycles. The van der Waals surface area contributed by atoms with Crippen LogP contribution in [0.15, 0.2) is 30.3 Å². The molecule has 3 nitrogen and oxygen atoms in total. The van der Waals surface area contributed by atoms with Crippen LogP contribution in [0, 0.1) is 6.42 Å². The number of rotatable bonds is 3. The average molecular weight is 228 g/mol. The first-order valence-electron chi connectivity index (χ1n) is 3.30. The predicted octanol–water partition coefficient (Wildman–Crippen LogP) is 0.847. The second-order valence-electron chi connectivity index (χ2n) is 2.06. The van der Waals surface area contributed by atoms with Crippen molar-refractivity contribution in [3.63, 3.8) is 0 Å². The van der Waals surface area contributed by atoms with Crippen LogP contribution in [-0.4, -0.2) is 12.4 Å². The molecule has 0 fully saturated rings. The molecule has 62 valence electrons. The molecular weight excluding hydrogens is 221 g/mol. The Morgan fingerprint density at radius 1 is 1.31 bits per heavy atom. The summed E-state index contributed by atoms with van der Waals surface area (Å²) in [6, 6.07) is 8.85. The second-order valence-corrected chi connectivity index (χ2v) is 2.06. The van der Waals surface area contributed by atoms with Gasteiger partial charge in [0, 0.05) is 0 Å².